The maximum Gasteiger partial charge on any atom is 0.411 e. The lowest BCUT2D eigenvalue weighted by Crippen LogP contribution is -2.47. The highest BCUT2D eigenvalue weighted by Gasteiger charge is 2.35. The average molecular weight is 554 g/mol. The van der Waals surface area contributed by atoms with E-state index in [1.807, 2.05) is 46.8 Å². The standard InChI is InChI=1S/C27H35N7O6/c1-15(2)19(20(36)21-32-33-24(40-21)27(6,7)17-11-9-10-12-28-17)31-18(35)14-34-22(37)16(30-25(38)39-8)13-29-23(34)26(3,4)5/h9-13,15,19H,14H2,1-8H3,(H,30,38)(H,31,35). The number of nitrogens with one attached hydrogen (secondary N) is 2. The van der Waals surface area contributed by atoms with E-state index in [-0.39, 0.29) is 23.4 Å². The molecular weight excluding hydrogens is 518 g/mol. The third kappa shape index (κ3) is 6.58. The molecule has 0 aliphatic heterocycles. The number of hydrogen-bond acceptors (Lipinski definition) is 10. The van der Waals surface area contributed by atoms with Gasteiger partial charge >= 0.3 is 6.09 Å². The van der Waals surface area contributed by atoms with Gasteiger partial charge in [0.05, 0.1) is 30.5 Å². The van der Waals surface area contributed by atoms with Crippen molar-refractivity contribution in [3.8, 4) is 0 Å². The van der Waals surface area contributed by atoms with Crippen LogP contribution in [-0.4, -0.2) is 55.7 Å². The van der Waals surface area contributed by atoms with Crippen LogP contribution in [0.5, 0.6) is 0 Å². The van der Waals surface area contributed by atoms with Crippen molar-refractivity contribution in [2.75, 3.05) is 12.4 Å². The number of aromatic nitrogens is 5. The van der Waals surface area contributed by atoms with Crippen molar-refractivity contribution in [2.24, 2.45) is 5.92 Å². The number of methoxy groups -OCH3 is 1. The first-order valence-corrected chi connectivity index (χ1v) is 12.7. The summed E-state index contributed by atoms with van der Waals surface area (Å²) >= 11 is 0. The molecule has 13 nitrogen and oxygen atoms in total. The molecule has 3 aromatic rings. The number of rotatable bonds is 9. The number of carbonyl (C=O) groups is 3. The second kappa shape index (κ2) is 11.8. The van der Waals surface area contributed by atoms with Crippen LogP contribution in [0.25, 0.3) is 0 Å². The molecule has 0 saturated carbocycles. The molecule has 3 heterocycles. The summed E-state index contributed by atoms with van der Waals surface area (Å²) in [6.07, 6.45) is 2.01. The van der Waals surface area contributed by atoms with Crippen LogP contribution < -0.4 is 16.2 Å². The van der Waals surface area contributed by atoms with E-state index >= 15 is 0 Å². The summed E-state index contributed by atoms with van der Waals surface area (Å²) in [6.45, 7) is 12.2. The van der Waals surface area contributed by atoms with Crippen molar-refractivity contribution in [3.63, 3.8) is 0 Å². The molecule has 0 fully saturated rings. The summed E-state index contributed by atoms with van der Waals surface area (Å²) < 4.78 is 11.5. The van der Waals surface area contributed by atoms with E-state index in [2.05, 4.69) is 35.5 Å². The fourth-order valence-corrected chi connectivity index (χ4v) is 3.93. The third-order valence-corrected chi connectivity index (χ3v) is 6.18. The molecule has 0 spiro atoms. The Labute approximate surface area is 231 Å². The maximum atomic E-state index is 13.4. The van der Waals surface area contributed by atoms with Crippen molar-refractivity contribution < 1.29 is 23.5 Å². The Bertz CT molecular complexity index is 1440. The third-order valence-electron chi connectivity index (χ3n) is 6.18. The Morgan fingerprint density at radius 2 is 1.77 bits per heavy atom. The van der Waals surface area contributed by atoms with Crippen LogP contribution >= 0.6 is 0 Å². The van der Waals surface area contributed by atoms with Crippen LogP contribution in [0.2, 0.25) is 0 Å². The van der Waals surface area contributed by atoms with Crippen LogP contribution in [0, 0.1) is 5.92 Å². The maximum absolute atomic E-state index is 13.4. The molecule has 0 aromatic carbocycles. The van der Waals surface area contributed by atoms with E-state index in [0.717, 1.165) is 11.7 Å². The van der Waals surface area contributed by atoms with Crippen molar-refractivity contribution in [3.05, 3.63) is 64.2 Å². The van der Waals surface area contributed by atoms with Gasteiger partial charge in [0, 0.05) is 11.6 Å². The van der Waals surface area contributed by atoms with Gasteiger partial charge in [-0.1, -0.05) is 40.7 Å². The van der Waals surface area contributed by atoms with Crippen LogP contribution in [0.1, 0.15) is 76.6 Å². The molecule has 0 saturated heterocycles. The summed E-state index contributed by atoms with van der Waals surface area (Å²) in [6, 6.07) is 4.43. The largest absolute Gasteiger partial charge is 0.453 e. The number of nitrogens with zero attached hydrogens (tertiary/aromatic N) is 5. The van der Waals surface area contributed by atoms with Gasteiger partial charge in [0.25, 0.3) is 11.4 Å². The van der Waals surface area contributed by atoms with Gasteiger partial charge in [-0.2, -0.15) is 0 Å². The molecule has 3 aromatic heterocycles. The number of pyridine rings is 1. The number of anilines is 1. The molecular formula is C27H35N7O6. The molecule has 0 radical (unpaired) electrons. The van der Waals surface area contributed by atoms with E-state index in [9.17, 15) is 19.2 Å². The minimum absolute atomic E-state index is 0.155. The van der Waals surface area contributed by atoms with Gasteiger partial charge in [0.1, 0.15) is 18.1 Å². The number of carbonyl (C=O) groups excluding carboxylic acids is 3. The lowest BCUT2D eigenvalue weighted by Gasteiger charge is -2.24. The molecule has 0 aliphatic rings. The Hall–Kier alpha value is -4.42. The lowest BCUT2D eigenvalue weighted by atomic mass is 9.89. The van der Waals surface area contributed by atoms with Crippen molar-refractivity contribution in [1.82, 2.24) is 30.0 Å². The van der Waals surface area contributed by atoms with Crippen LogP contribution in [0.3, 0.4) is 0 Å². The minimum Gasteiger partial charge on any atom is -0.453 e. The Kier molecular flexibility index (Phi) is 8.86. The summed E-state index contributed by atoms with van der Waals surface area (Å²) in [5.41, 5.74) is -1.49. The number of ketones is 1. The molecule has 214 valence electrons. The molecule has 13 heteroatoms. The highest BCUT2D eigenvalue weighted by molar-refractivity contribution is 5.98. The Morgan fingerprint density at radius 1 is 1.07 bits per heavy atom. The van der Waals surface area contributed by atoms with E-state index in [1.165, 1.54) is 6.20 Å². The Balaban J connectivity index is 1.86. The van der Waals surface area contributed by atoms with Gasteiger partial charge in [0.2, 0.25) is 17.6 Å². The highest BCUT2D eigenvalue weighted by atomic mass is 16.5. The van der Waals surface area contributed by atoms with Gasteiger partial charge in [-0.3, -0.25) is 29.3 Å². The first-order valence-electron chi connectivity index (χ1n) is 12.7. The quantitative estimate of drug-likeness (QED) is 0.375. The molecule has 2 amide bonds. The number of amides is 2. The van der Waals surface area contributed by atoms with E-state index < -0.39 is 46.8 Å². The Morgan fingerprint density at radius 3 is 2.35 bits per heavy atom. The van der Waals surface area contributed by atoms with Gasteiger partial charge in [-0.15, -0.1) is 10.2 Å². The SMILES string of the molecule is COC(=O)Nc1cnc(C(C)(C)C)n(CC(=O)NC(C(=O)c2nnc(C(C)(C)c3ccccn3)o2)C(C)C)c1=O. The lowest BCUT2D eigenvalue weighted by molar-refractivity contribution is -0.122. The predicted octanol–water partition coefficient (Wildman–Crippen LogP) is 2.85. The van der Waals surface area contributed by atoms with E-state index in [1.54, 1.807) is 26.1 Å². The zero-order valence-corrected chi connectivity index (χ0v) is 23.9. The van der Waals surface area contributed by atoms with Gasteiger partial charge < -0.3 is 14.5 Å². The van der Waals surface area contributed by atoms with E-state index in [4.69, 9.17) is 4.42 Å². The van der Waals surface area contributed by atoms with Gasteiger partial charge in [0.15, 0.2) is 0 Å². The summed E-state index contributed by atoms with van der Waals surface area (Å²) in [7, 11) is 1.16. The van der Waals surface area contributed by atoms with Crippen molar-refractivity contribution in [1.29, 1.82) is 0 Å². The van der Waals surface area contributed by atoms with Crippen LogP contribution in [0.4, 0.5) is 10.5 Å². The fraction of sp³-hybridized carbons (Fsp3) is 0.481. The number of Topliss-reactive ketones (excluding diaryl/α,β-unsaturated/α-hetero) is 1. The van der Waals surface area contributed by atoms with Crippen molar-refractivity contribution >= 4 is 23.5 Å². The highest BCUT2D eigenvalue weighted by Crippen LogP contribution is 2.29. The van der Waals surface area contributed by atoms with Gasteiger partial charge in [-0.05, 0) is 31.9 Å². The molecule has 40 heavy (non-hydrogen) atoms. The second-order valence-electron chi connectivity index (χ2n) is 11.2. The van der Waals surface area contributed by atoms with Crippen LogP contribution in [-0.2, 0) is 26.9 Å². The molecule has 0 aliphatic carbocycles. The zero-order valence-electron chi connectivity index (χ0n) is 23.9. The molecule has 1 atom stereocenters. The molecule has 0 bridgehead atoms. The normalized spacial score (nSPS) is 12.6. The predicted molar refractivity (Wildman–Crippen MR) is 145 cm³/mol. The van der Waals surface area contributed by atoms with Gasteiger partial charge in [-0.25, -0.2) is 9.78 Å². The topological polar surface area (TPSA) is 171 Å². The molecule has 3 rings (SSSR count). The van der Waals surface area contributed by atoms with Crippen LogP contribution in [0.15, 0.2) is 39.8 Å². The first-order chi connectivity index (χ1) is 18.7. The second-order valence-corrected chi connectivity index (χ2v) is 11.2. The van der Waals surface area contributed by atoms with E-state index in [0.29, 0.717) is 11.5 Å². The zero-order chi connectivity index (χ0) is 29.8. The first kappa shape index (κ1) is 30.1. The smallest absolute Gasteiger partial charge is 0.411 e. The minimum atomic E-state index is -1.02. The molecule has 2 N–H and O–H groups in total. The molecule has 1 unspecified atom stereocenters. The summed E-state index contributed by atoms with van der Waals surface area (Å²) in [5.74, 6) is -1.28. The number of ether oxygens (including phenoxy) is 1. The monoisotopic (exact) mass is 553 g/mol. The fourth-order valence-electron chi connectivity index (χ4n) is 3.93. The summed E-state index contributed by atoms with van der Waals surface area (Å²) in [5, 5.41) is 13.0. The number of hydrogen-bond donors (Lipinski definition) is 2. The average Bonchev–Trinajstić information content (AvgIpc) is 3.40. The summed E-state index contributed by atoms with van der Waals surface area (Å²) in [4.78, 5) is 60.1. The van der Waals surface area contributed by atoms with Crippen molar-refractivity contribution in [2.45, 2.75) is 71.9 Å².